The van der Waals surface area contributed by atoms with E-state index >= 15 is 0 Å². The standard InChI is InChI=1S/C21H27N3O/c1-15-5-7-17(8-6-15)23-9-11-24(12-10-23)20-14-18-16(13-21(20)25)3-2-4-19(18)22/h2-8,20-21,25H,9-14,22H2,1H3/t20-,21-/m1/s1. The summed E-state index contributed by atoms with van der Waals surface area (Å²) in [5, 5.41) is 10.7. The van der Waals surface area contributed by atoms with Gasteiger partial charge in [-0.2, -0.15) is 0 Å². The average Bonchev–Trinajstić information content (AvgIpc) is 2.62. The maximum atomic E-state index is 10.7. The van der Waals surface area contributed by atoms with E-state index in [1.165, 1.54) is 22.4 Å². The van der Waals surface area contributed by atoms with Gasteiger partial charge in [0.2, 0.25) is 0 Å². The fourth-order valence-electron chi connectivity index (χ4n) is 4.24. The Kier molecular flexibility index (Phi) is 4.40. The molecule has 0 bridgehead atoms. The molecule has 3 N–H and O–H groups in total. The minimum absolute atomic E-state index is 0.178. The summed E-state index contributed by atoms with van der Waals surface area (Å²) in [7, 11) is 0. The highest BCUT2D eigenvalue weighted by Crippen LogP contribution is 2.30. The molecule has 0 spiro atoms. The quantitative estimate of drug-likeness (QED) is 0.825. The zero-order chi connectivity index (χ0) is 17.4. The van der Waals surface area contributed by atoms with E-state index < -0.39 is 0 Å². The molecule has 1 saturated heterocycles. The Labute approximate surface area is 149 Å². The van der Waals surface area contributed by atoms with Gasteiger partial charge in [0.1, 0.15) is 0 Å². The van der Waals surface area contributed by atoms with Crippen molar-refractivity contribution >= 4 is 11.4 Å². The molecule has 4 rings (SSSR count). The predicted molar refractivity (Wildman–Crippen MR) is 103 cm³/mol. The van der Waals surface area contributed by atoms with Gasteiger partial charge in [0.25, 0.3) is 0 Å². The van der Waals surface area contributed by atoms with Crippen LogP contribution in [0.4, 0.5) is 11.4 Å². The summed E-state index contributed by atoms with van der Waals surface area (Å²) in [5.41, 5.74) is 12.1. The Morgan fingerprint density at radius 1 is 0.960 bits per heavy atom. The van der Waals surface area contributed by atoms with Crippen LogP contribution in [0.3, 0.4) is 0 Å². The number of nitrogen functional groups attached to an aromatic ring is 1. The van der Waals surface area contributed by atoms with E-state index in [-0.39, 0.29) is 12.1 Å². The third kappa shape index (κ3) is 3.24. The second-order valence-corrected chi connectivity index (χ2v) is 7.39. The minimum atomic E-state index is -0.305. The van der Waals surface area contributed by atoms with Gasteiger partial charge in [0, 0.05) is 50.0 Å². The highest BCUT2D eigenvalue weighted by Gasteiger charge is 2.34. The Balaban J connectivity index is 1.44. The van der Waals surface area contributed by atoms with Crippen molar-refractivity contribution in [2.24, 2.45) is 0 Å². The smallest absolute Gasteiger partial charge is 0.0739 e. The Morgan fingerprint density at radius 3 is 2.40 bits per heavy atom. The lowest BCUT2D eigenvalue weighted by molar-refractivity contribution is 0.0397. The van der Waals surface area contributed by atoms with E-state index in [4.69, 9.17) is 5.73 Å². The molecule has 2 aliphatic rings. The molecule has 1 fully saturated rings. The van der Waals surface area contributed by atoms with Crippen LogP contribution < -0.4 is 10.6 Å². The Morgan fingerprint density at radius 2 is 1.68 bits per heavy atom. The molecule has 25 heavy (non-hydrogen) atoms. The number of aryl methyl sites for hydroxylation is 1. The molecule has 4 heteroatoms. The Bertz CT molecular complexity index is 735. The zero-order valence-corrected chi connectivity index (χ0v) is 14.9. The third-order valence-electron chi connectivity index (χ3n) is 5.78. The minimum Gasteiger partial charge on any atom is -0.398 e. The molecule has 1 heterocycles. The molecule has 1 aliphatic carbocycles. The number of nitrogens with two attached hydrogens (primary N) is 1. The number of benzene rings is 2. The first kappa shape index (κ1) is 16.4. The van der Waals surface area contributed by atoms with Crippen molar-refractivity contribution < 1.29 is 5.11 Å². The van der Waals surface area contributed by atoms with Crippen LogP contribution in [-0.4, -0.2) is 48.3 Å². The molecule has 4 nitrogen and oxygen atoms in total. The molecular formula is C21H27N3O. The monoisotopic (exact) mass is 337 g/mol. The van der Waals surface area contributed by atoms with Crippen molar-refractivity contribution in [3.05, 3.63) is 59.2 Å². The molecule has 132 valence electrons. The summed E-state index contributed by atoms with van der Waals surface area (Å²) in [6.45, 7) is 6.10. The summed E-state index contributed by atoms with van der Waals surface area (Å²) in [4.78, 5) is 4.89. The SMILES string of the molecule is Cc1ccc(N2CCN([C@@H]3Cc4c(N)cccc4C[C@H]3O)CC2)cc1. The summed E-state index contributed by atoms with van der Waals surface area (Å²) in [5.74, 6) is 0. The van der Waals surface area contributed by atoms with Crippen LogP contribution in [0.25, 0.3) is 0 Å². The van der Waals surface area contributed by atoms with Crippen LogP contribution in [0, 0.1) is 6.92 Å². The Hall–Kier alpha value is -2.04. The molecule has 1 aliphatic heterocycles. The lowest BCUT2D eigenvalue weighted by atomic mass is 9.84. The highest BCUT2D eigenvalue weighted by atomic mass is 16.3. The van der Waals surface area contributed by atoms with E-state index in [0.29, 0.717) is 6.42 Å². The van der Waals surface area contributed by atoms with Gasteiger partial charge in [0.05, 0.1) is 6.10 Å². The molecule has 2 aromatic carbocycles. The fourth-order valence-corrected chi connectivity index (χ4v) is 4.24. The van der Waals surface area contributed by atoms with Crippen molar-refractivity contribution in [3.63, 3.8) is 0 Å². The number of aliphatic hydroxyl groups excluding tert-OH is 1. The van der Waals surface area contributed by atoms with Gasteiger partial charge in [-0.15, -0.1) is 0 Å². The molecule has 2 atom stereocenters. The van der Waals surface area contributed by atoms with Crippen LogP contribution in [-0.2, 0) is 12.8 Å². The first-order valence-corrected chi connectivity index (χ1v) is 9.22. The van der Waals surface area contributed by atoms with Gasteiger partial charge in [-0.3, -0.25) is 4.90 Å². The second-order valence-electron chi connectivity index (χ2n) is 7.39. The molecular weight excluding hydrogens is 310 g/mol. The molecule has 0 saturated carbocycles. The van der Waals surface area contributed by atoms with Gasteiger partial charge in [0.15, 0.2) is 0 Å². The number of hydrogen-bond donors (Lipinski definition) is 2. The molecule has 0 unspecified atom stereocenters. The number of nitrogens with zero attached hydrogens (tertiary/aromatic N) is 2. The van der Waals surface area contributed by atoms with Crippen LogP contribution in [0.15, 0.2) is 42.5 Å². The van der Waals surface area contributed by atoms with Gasteiger partial charge >= 0.3 is 0 Å². The lowest BCUT2D eigenvalue weighted by Gasteiger charge is -2.43. The highest BCUT2D eigenvalue weighted by molar-refractivity contribution is 5.53. The van der Waals surface area contributed by atoms with Gasteiger partial charge < -0.3 is 15.7 Å². The topological polar surface area (TPSA) is 52.7 Å². The first-order valence-electron chi connectivity index (χ1n) is 9.22. The van der Waals surface area contributed by atoms with Crippen molar-refractivity contribution in [2.75, 3.05) is 36.8 Å². The average molecular weight is 337 g/mol. The maximum Gasteiger partial charge on any atom is 0.0739 e. The predicted octanol–water partition coefficient (Wildman–Crippen LogP) is 2.23. The molecule has 0 amide bonds. The summed E-state index contributed by atoms with van der Waals surface area (Å²) >= 11 is 0. The number of hydrogen-bond acceptors (Lipinski definition) is 4. The summed E-state index contributed by atoms with van der Waals surface area (Å²) in [6.07, 6.45) is 1.26. The van der Waals surface area contributed by atoms with E-state index in [9.17, 15) is 5.11 Å². The molecule has 2 aromatic rings. The van der Waals surface area contributed by atoms with Crippen LogP contribution in [0.2, 0.25) is 0 Å². The normalized spacial score (nSPS) is 24.2. The van der Waals surface area contributed by atoms with Gasteiger partial charge in [-0.1, -0.05) is 29.8 Å². The van der Waals surface area contributed by atoms with Gasteiger partial charge in [-0.05, 0) is 42.7 Å². The lowest BCUT2D eigenvalue weighted by Crippen LogP contribution is -2.56. The van der Waals surface area contributed by atoms with E-state index in [0.717, 1.165) is 38.3 Å². The third-order valence-corrected chi connectivity index (χ3v) is 5.78. The van der Waals surface area contributed by atoms with E-state index in [2.05, 4.69) is 47.1 Å². The van der Waals surface area contributed by atoms with Crippen LogP contribution in [0.1, 0.15) is 16.7 Å². The van der Waals surface area contributed by atoms with Crippen molar-refractivity contribution in [1.82, 2.24) is 4.90 Å². The molecule has 0 radical (unpaired) electrons. The number of rotatable bonds is 2. The fraction of sp³-hybridized carbons (Fsp3) is 0.429. The number of fused-ring (bicyclic) bond motifs is 1. The number of anilines is 2. The van der Waals surface area contributed by atoms with Crippen LogP contribution >= 0.6 is 0 Å². The van der Waals surface area contributed by atoms with Crippen molar-refractivity contribution in [1.29, 1.82) is 0 Å². The number of piperazine rings is 1. The number of aliphatic hydroxyl groups is 1. The second kappa shape index (κ2) is 6.70. The maximum absolute atomic E-state index is 10.7. The van der Waals surface area contributed by atoms with Crippen molar-refractivity contribution in [3.8, 4) is 0 Å². The first-order chi connectivity index (χ1) is 12.1. The summed E-state index contributed by atoms with van der Waals surface area (Å²) in [6, 6.07) is 15.0. The zero-order valence-electron chi connectivity index (χ0n) is 14.9. The van der Waals surface area contributed by atoms with Crippen LogP contribution in [0.5, 0.6) is 0 Å². The summed E-state index contributed by atoms with van der Waals surface area (Å²) < 4.78 is 0. The van der Waals surface area contributed by atoms with Crippen molar-refractivity contribution in [2.45, 2.75) is 31.9 Å². The van der Waals surface area contributed by atoms with E-state index in [1.54, 1.807) is 0 Å². The van der Waals surface area contributed by atoms with Gasteiger partial charge in [-0.25, -0.2) is 0 Å². The molecule has 0 aromatic heterocycles. The van der Waals surface area contributed by atoms with E-state index in [1.807, 2.05) is 12.1 Å². The largest absolute Gasteiger partial charge is 0.398 e.